The molecule has 1 unspecified atom stereocenters. The van der Waals surface area contributed by atoms with Crippen LogP contribution in [0.3, 0.4) is 0 Å². The Morgan fingerprint density at radius 2 is 1.80 bits per heavy atom. The third kappa shape index (κ3) is 3.13. The van der Waals surface area contributed by atoms with Gasteiger partial charge in [-0.15, -0.1) is 0 Å². The van der Waals surface area contributed by atoms with Gasteiger partial charge in [-0.3, -0.25) is 5.84 Å². The molecule has 0 aliphatic heterocycles. The minimum Gasteiger partial charge on any atom is -0.496 e. The van der Waals surface area contributed by atoms with Crippen LogP contribution in [0.4, 0.5) is 0 Å². The van der Waals surface area contributed by atoms with Crippen molar-refractivity contribution in [3.8, 4) is 5.75 Å². The highest BCUT2D eigenvalue weighted by Crippen LogP contribution is 2.33. The Hall–Kier alpha value is -1.11. The Labute approximate surface area is 133 Å². The van der Waals surface area contributed by atoms with Crippen LogP contribution in [-0.2, 0) is 0 Å². The minimum atomic E-state index is -0.0810. The fourth-order valence-electron chi connectivity index (χ4n) is 2.48. The van der Waals surface area contributed by atoms with Gasteiger partial charge in [0.15, 0.2) is 0 Å². The number of nitrogens with one attached hydrogen (secondary N) is 1. The third-order valence-corrected chi connectivity index (χ3v) is 4.09. The van der Waals surface area contributed by atoms with Crippen molar-refractivity contribution in [2.24, 2.45) is 5.84 Å². The van der Waals surface area contributed by atoms with Crippen molar-refractivity contribution in [3.05, 3.63) is 62.2 Å². The molecule has 0 amide bonds. The zero-order chi connectivity index (χ0) is 14.7. The van der Waals surface area contributed by atoms with E-state index in [0.29, 0.717) is 0 Å². The summed E-state index contributed by atoms with van der Waals surface area (Å²) < 4.78 is 6.74. The predicted molar refractivity (Wildman–Crippen MR) is 90.8 cm³/mol. The summed E-state index contributed by atoms with van der Waals surface area (Å²) in [5, 5.41) is 0. The molecule has 0 radical (unpaired) electrons. The molecule has 0 aliphatic rings. The van der Waals surface area contributed by atoms with Crippen LogP contribution in [-0.4, -0.2) is 7.11 Å². The Kier molecular flexibility index (Phi) is 5.01. The van der Waals surface area contributed by atoms with Crippen LogP contribution in [0.15, 0.2) is 36.4 Å². The molecular weight excluding hydrogens is 363 g/mol. The fourth-order valence-corrected chi connectivity index (χ4v) is 2.84. The predicted octanol–water partition coefficient (Wildman–Crippen LogP) is 3.47. The molecule has 0 bridgehead atoms. The molecule has 0 saturated heterocycles. The Balaban J connectivity index is 2.54. The number of ether oxygens (including phenoxy) is 1. The topological polar surface area (TPSA) is 47.3 Å². The first kappa shape index (κ1) is 15.3. The Morgan fingerprint density at radius 1 is 1.15 bits per heavy atom. The molecule has 2 rings (SSSR count). The molecule has 2 aromatic carbocycles. The van der Waals surface area contributed by atoms with Gasteiger partial charge in [0, 0.05) is 9.13 Å². The van der Waals surface area contributed by atoms with Crippen molar-refractivity contribution < 1.29 is 4.74 Å². The lowest BCUT2D eigenvalue weighted by molar-refractivity contribution is 0.403. The van der Waals surface area contributed by atoms with E-state index in [2.05, 4.69) is 72.2 Å². The van der Waals surface area contributed by atoms with E-state index in [9.17, 15) is 0 Å². The molecule has 0 fully saturated rings. The number of halogens is 1. The summed E-state index contributed by atoms with van der Waals surface area (Å²) in [7, 11) is 1.69. The first-order valence-corrected chi connectivity index (χ1v) is 7.51. The summed E-state index contributed by atoms with van der Waals surface area (Å²) in [6.07, 6.45) is 0. The van der Waals surface area contributed by atoms with Gasteiger partial charge in [-0.2, -0.15) is 0 Å². The summed E-state index contributed by atoms with van der Waals surface area (Å²) in [5.41, 5.74) is 7.47. The van der Waals surface area contributed by atoms with Gasteiger partial charge in [-0.05, 0) is 71.3 Å². The van der Waals surface area contributed by atoms with Crippen LogP contribution in [0, 0.1) is 17.4 Å². The van der Waals surface area contributed by atoms with Gasteiger partial charge in [0.05, 0.1) is 13.2 Å². The van der Waals surface area contributed by atoms with E-state index >= 15 is 0 Å². The second-order valence-electron chi connectivity index (χ2n) is 4.85. The van der Waals surface area contributed by atoms with Crippen molar-refractivity contribution >= 4 is 22.6 Å². The maximum atomic E-state index is 5.80. The number of hydrogen-bond donors (Lipinski definition) is 2. The van der Waals surface area contributed by atoms with Gasteiger partial charge >= 0.3 is 0 Å². The van der Waals surface area contributed by atoms with Crippen LogP contribution in [0.2, 0.25) is 0 Å². The average molecular weight is 382 g/mol. The van der Waals surface area contributed by atoms with E-state index in [-0.39, 0.29) is 6.04 Å². The molecule has 0 heterocycles. The number of methoxy groups -OCH3 is 1. The van der Waals surface area contributed by atoms with Crippen LogP contribution >= 0.6 is 22.6 Å². The first-order valence-electron chi connectivity index (χ1n) is 6.43. The third-order valence-electron chi connectivity index (χ3n) is 3.37. The summed E-state index contributed by atoms with van der Waals surface area (Å²) in [6.45, 7) is 4.15. The van der Waals surface area contributed by atoms with E-state index in [1.807, 2.05) is 6.07 Å². The molecule has 0 aromatic heterocycles. The maximum Gasteiger partial charge on any atom is 0.124 e. The van der Waals surface area contributed by atoms with E-state index < -0.39 is 0 Å². The van der Waals surface area contributed by atoms with Gasteiger partial charge < -0.3 is 4.74 Å². The molecule has 106 valence electrons. The lowest BCUT2D eigenvalue weighted by atomic mass is 9.93. The molecule has 4 heteroatoms. The smallest absolute Gasteiger partial charge is 0.124 e. The maximum absolute atomic E-state index is 5.80. The highest BCUT2D eigenvalue weighted by atomic mass is 127. The van der Waals surface area contributed by atoms with Gasteiger partial charge in [0.1, 0.15) is 5.75 Å². The second-order valence-corrected chi connectivity index (χ2v) is 6.09. The van der Waals surface area contributed by atoms with E-state index in [1.165, 1.54) is 14.7 Å². The molecule has 2 aromatic rings. The number of hydrazine groups is 1. The van der Waals surface area contributed by atoms with Crippen LogP contribution in [0.1, 0.15) is 28.3 Å². The minimum absolute atomic E-state index is 0.0810. The quantitative estimate of drug-likeness (QED) is 0.484. The van der Waals surface area contributed by atoms with Gasteiger partial charge in [0.25, 0.3) is 0 Å². The highest BCUT2D eigenvalue weighted by molar-refractivity contribution is 14.1. The van der Waals surface area contributed by atoms with Crippen molar-refractivity contribution in [1.29, 1.82) is 0 Å². The summed E-state index contributed by atoms with van der Waals surface area (Å²) in [4.78, 5) is 0. The van der Waals surface area contributed by atoms with E-state index in [0.717, 1.165) is 16.9 Å². The zero-order valence-electron chi connectivity index (χ0n) is 11.9. The average Bonchev–Trinajstić information content (AvgIpc) is 2.43. The lowest BCUT2D eigenvalue weighted by Crippen LogP contribution is -2.29. The van der Waals surface area contributed by atoms with Gasteiger partial charge in [-0.25, -0.2) is 5.43 Å². The number of hydrogen-bond acceptors (Lipinski definition) is 3. The number of aryl methyl sites for hydroxylation is 2. The standard InChI is InChI=1S/C16H19IN2O/c1-10-8-11(2)15(14(9-10)20-3)16(19-18)12-4-6-13(17)7-5-12/h4-9,16,19H,18H2,1-3H3. The van der Waals surface area contributed by atoms with Crippen molar-refractivity contribution in [3.63, 3.8) is 0 Å². The fraction of sp³-hybridized carbons (Fsp3) is 0.250. The SMILES string of the molecule is COc1cc(C)cc(C)c1C(NN)c1ccc(I)cc1. The van der Waals surface area contributed by atoms with Gasteiger partial charge in [-0.1, -0.05) is 18.2 Å². The normalized spacial score (nSPS) is 12.2. The number of benzene rings is 2. The Bertz CT molecular complexity index is 596. The van der Waals surface area contributed by atoms with Crippen LogP contribution in [0.25, 0.3) is 0 Å². The van der Waals surface area contributed by atoms with Crippen molar-refractivity contribution in [2.45, 2.75) is 19.9 Å². The molecule has 1 atom stereocenters. The van der Waals surface area contributed by atoms with E-state index in [4.69, 9.17) is 10.6 Å². The summed E-state index contributed by atoms with van der Waals surface area (Å²) >= 11 is 2.30. The molecule has 3 N–H and O–H groups in total. The first-order chi connectivity index (χ1) is 9.56. The molecular formula is C16H19IN2O. The summed E-state index contributed by atoms with van der Waals surface area (Å²) in [6, 6.07) is 12.4. The molecule has 20 heavy (non-hydrogen) atoms. The van der Waals surface area contributed by atoms with Gasteiger partial charge in [0.2, 0.25) is 0 Å². The number of rotatable bonds is 4. The molecule has 0 saturated carbocycles. The van der Waals surface area contributed by atoms with Crippen molar-refractivity contribution in [2.75, 3.05) is 7.11 Å². The Morgan fingerprint density at radius 3 is 2.35 bits per heavy atom. The lowest BCUT2D eigenvalue weighted by Gasteiger charge is -2.22. The largest absolute Gasteiger partial charge is 0.496 e. The highest BCUT2D eigenvalue weighted by Gasteiger charge is 2.19. The number of nitrogens with two attached hydrogens (primary N) is 1. The second kappa shape index (κ2) is 6.56. The van der Waals surface area contributed by atoms with Crippen LogP contribution < -0.4 is 16.0 Å². The molecule has 0 aliphatic carbocycles. The summed E-state index contributed by atoms with van der Waals surface area (Å²) in [5.74, 6) is 6.66. The molecule has 0 spiro atoms. The van der Waals surface area contributed by atoms with Crippen molar-refractivity contribution in [1.82, 2.24) is 5.43 Å². The molecule has 3 nitrogen and oxygen atoms in total. The van der Waals surface area contributed by atoms with Crippen LogP contribution in [0.5, 0.6) is 5.75 Å². The monoisotopic (exact) mass is 382 g/mol. The zero-order valence-corrected chi connectivity index (χ0v) is 14.1. The van der Waals surface area contributed by atoms with E-state index in [1.54, 1.807) is 7.11 Å².